The van der Waals surface area contributed by atoms with Crippen molar-refractivity contribution < 1.29 is 30.6 Å². The van der Waals surface area contributed by atoms with Crippen molar-refractivity contribution in [1.29, 1.82) is 5.26 Å². The minimum atomic E-state index is -5.88. The smallest absolute Gasteiger partial charge is 0.369 e. The number of thioether (sulfide) groups is 1. The molecule has 0 saturated carbocycles. The van der Waals surface area contributed by atoms with E-state index >= 15 is 0 Å². The first-order valence-corrected chi connectivity index (χ1v) is 7.71. The molecule has 22 heavy (non-hydrogen) atoms. The van der Waals surface area contributed by atoms with E-state index in [9.17, 15) is 26.4 Å². The number of alkyl halides is 3. The summed E-state index contributed by atoms with van der Waals surface area (Å²) >= 11 is 0.677. The number of aryl methyl sites for hydroxylation is 1. The quantitative estimate of drug-likeness (QED) is 0.476. The summed E-state index contributed by atoms with van der Waals surface area (Å²) in [4.78, 5) is 14.2. The molecule has 7 nitrogen and oxygen atoms in total. The third-order valence-electron chi connectivity index (χ3n) is 2.10. The summed E-state index contributed by atoms with van der Waals surface area (Å²) in [5.74, 6) is -1.90. The van der Waals surface area contributed by atoms with E-state index in [4.69, 9.17) is 11.0 Å². The molecule has 1 heterocycles. The van der Waals surface area contributed by atoms with Crippen LogP contribution in [0.1, 0.15) is 11.1 Å². The number of nitrogens with two attached hydrogens (primary N) is 1. The average molecular weight is 355 g/mol. The highest BCUT2D eigenvalue weighted by Crippen LogP contribution is 2.30. The summed E-state index contributed by atoms with van der Waals surface area (Å²) in [6.45, 7) is 1.35. The van der Waals surface area contributed by atoms with Crippen molar-refractivity contribution in [3.8, 4) is 11.9 Å². The third-order valence-corrected chi connectivity index (χ3v) is 4.06. The zero-order chi connectivity index (χ0) is 17.1. The lowest BCUT2D eigenvalue weighted by molar-refractivity contribution is -0.115. The molecule has 0 spiro atoms. The first-order chi connectivity index (χ1) is 9.98. The first-order valence-electron chi connectivity index (χ1n) is 5.31. The van der Waals surface area contributed by atoms with Gasteiger partial charge < -0.3 is 9.92 Å². The van der Waals surface area contributed by atoms with E-state index < -0.39 is 27.4 Å². The molecular formula is C10H8F3N3O4S2. The molecule has 1 amide bonds. The second kappa shape index (κ2) is 6.41. The van der Waals surface area contributed by atoms with E-state index in [2.05, 4.69) is 9.17 Å². The van der Waals surface area contributed by atoms with Gasteiger partial charge in [-0.15, -0.1) is 0 Å². The molecule has 0 bridgehead atoms. The molecule has 0 aliphatic rings. The number of halogens is 3. The summed E-state index contributed by atoms with van der Waals surface area (Å²) < 4.78 is 62.5. The number of rotatable bonds is 5. The summed E-state index contributed by atoms with van der Waals surface area (Å²) in [5, 5.41) is 8.80. The van der Waals surface area contributed by atoms with Gasteiger partial charge in [0.05, 0.1) is 11.3 Å². The van der Waals surface area contributed by atoms with Crippen molar-refractivity contribution in [3.05, 3.63) is 17.2 Å². The molecule has 1 aromatic rings. The van der Waals surface area contributed by atoms with E-state index in [0.29, 0.717) is 11.8 Å². The molecule has 0 saturated heterocycles. The van der Waals surface area contributed by atoms with E-state index in [1.54, 1.807) is 6.07 Å². The molecule has 12 heteroatoms. The van der Waals surface area contributed by atoms with Crippen LogP contribution in [0.2, 0.25) is 0 Å². The largest absolute Gasteiger partial charge is 0.534 e. The summed E-state index contributed by atoms with van der Waals surface area (Å²) in [6.07, 6.45) is 0. The molecule has 0 aliphatic heterocycles. The monoisotopic (exact) mass is 355 g/mol. The first kappa shape index (κ1) is 18.1. The van der Waals surface area contributed by atoms with Gasteiger partial charge in [-0.1, -0.05) is 11.8 Å². The predicted octanol–water partition coefficient (Wildman–Crippen LogP) is 1.07. The summed E-state index contributed by atoms with van der Waals surface area (Å²) in [6, 6.07) is 2.62. The molecule has 0 atom stereocenters. The van der Waals surface area contributed by atoms with Gasteiger partial charge in [0.15, 0.2) is 0 Å². The van der Waals surface area contributed by atoms with Gasteiger partial charge in [0, 0.05) is 6.07 Å². The predicted molar refractivity (Wildman–Crippen MR) is 69.2 cm³/mol. The number of hydrogen-bond donors (Lipinski definition) is 1. The minimum Gasteiger partial charge on any atom is -0.369 e. The van der Waals surface area contributed by atoms with Crippen LogP contribution in [-0.2, 0) is 14.9 Å². The van der Waals surface area contributed by atoms with E-state index in [1.165, 1.54) is 6.92 Å². The SMILES string of the molecule is Cc1cc(OS(=O)(=O)C(F)(F)F)nc(SCC(N)=O)c1C#N. The van der Waals surface area contributed by atoms with Crippen LogP contribution in [-0.4, -0.2) is 30.6 Å². The van der Waals surface area contributed by atoms with Crippen molar-refractivity contribution in [3.63, 3.8) is 0 Å². The second-order valence-corrected chi connectivity index (χ2v) is 6.31. The van der Waals surface area contributed by atoms with Crippen LogP contribution in [0.25, 0.3) is 0 Å². The number of aromatic nitrogens is 1. The molecule has 2 N–H and O–H groups in total. The van der Waals surface area contributed by atoms with Gasteiger partial charge in [0.2, 0.25) is 11.8 Å². The highest BCUT2D eigenvalue weighted by atomic mass is 32.2. The Balaban J connectivity index is 3.24. The molecule has 120 valence electrons. The Morgan fingerprint density at radius 1 is 1.55 bits per heavy atom. The topological polar surface area (TPSA) is 123 Å². The van der Waals surface area contributed by atoms with Crippen LogP contribution in [0.3, 0.4) is 0 Å². The van der Waals surface area contributed by atoms with Crippen LogP contribution in [0, 0.1) is 18.3 Å². The molecule has 0 aromatic carbocycles. The third kappa shape index (κ3) is 4.25. The summed E-state index contributed by atoms with van der Waals surface area (Å²) in [7, 11) is -5.88. The van der Waals surface area contributed by atoms with E-state index in [1.807, 2.05) is 0 Å². The molecule has 1 aromatic heterocycles. The number of pyridine rings is 1. The number of carbonyl (C=O) groups is 1. The second-order valence-electron chi connectivity index (χ2n) is 3.81. The van der Waals surface area contributed by atoms with Crippen LogP contribution in [0.15, 0.2) is 11.1 Å². The normalized spacial score (nSPS) is 11.8. The number of nitriles is 1. The Hall–Kier alpha value is -2.00. The van der Waals surface area contributed by atoms with Crippen molar-refractivity contribution in [2.75, 3.05) is 5.75 Å². The number of primary amides is 1. The Morgan fingerprint density at radius 3 is 2.59 bits per heavy atom. The van der Waals surface area contributed by atoms with Crippen molar-refractivity contribution >= 4 is 27.8 Å². The Morgan fingerprint density at radius 2 is 2.14 bits per heavy atom. The lowest BCUT2D eigenvalue weighted by Crippen LogP contribution is -2.28. The lowest BCUT2D eigenvalue weighted by atomic mass is 10.2. The van der Waals surface area contributed by atoms with E-state index in [0.717, 1.165) is 6.07 Å². The fraction of sp³-hybridized carbons (Fsp3) is 0.300. The fourth-order valence-corrected chi connectivity index (χ4v) is 2.39. The molecule has 0 radical (unpaired) electrons. The Kier molecular flexibility index (Phi) is 5.26. The molecule has 0 fully saturated rings. The maximum absolute atomic E-state index is 12.3. The molecule has 0 aliphatic carbocycles. The maximum atomic E-state index is 12.3. The highest BCUT2D eigenvalue weighted by molar-refractivity contribution is 8.00. The number of hydrogen-bond acceptors (Lipinski definition) is 7. The van der Waals surface area contributed by atoms with Crippen molar-refractivity contribution in [2.45, 2.75) is 17.5 Å². The molecule has 0 unspecified atom stereocenters. The van der Waals surface area contributed by atoms with Gasteiger partial charge in [-0.2, -0.15) is 26.9 Å². The van der Waals surface area contributed by atoms with Crippen LogP contribution >= 0.6 is 11.8 Å². The minimum absolute atomic E-state index is 0.0250. The maximum Gasteiger partial charge on any atom is 0.534 e. The van der Waals surface area contributed by atoms with Crippen LogP contribution in [0.5, 0.6) is 5.88 Å². The van der Waals surface area contributed by atoms with E-state index in [-0.39, 0.29) is 21.9 Å². The Labute approximate surface area is 127 Å². The summed E-state index contributed by atoms with van der Waals surface area (Å²) in [5.41, 5.74) is -0.583. The van der Waals surface area contributed by atoms with Gasteiger partial charge in [-0.25, -0.2) is 4.98 Å². The molecular weight excluding hydrogens is 347 g/mol. The lowest BCUT2D eigenvalue weighted by Gasteiger charge is -2.11. The van der Waals surface area contributed by atoms with Gasteiger partial charge in [-0.05, 0) is 12.5 Å². The van der Waals surface area contributed by atoms with Crippen LogP contribution < -0.4 is 9.92 Å². The van der Waals surface area contributed by atoms with Gasteiger partial charge in [-0.3, -0.25) is 4.79 Å². The zero-order valence-corrected chi connectivity index (χ0v) is 12.5. The molecule has 1 rings (SSSR count). The van der Waals surface area contributed by atoms with Crippen molar-refractivity contribution in [2.24, 2.45) is 5.73 Å². The standard InChI is InChI=1S/C10H8F3N3O4S2/c1-5-2-8(20-22(18,19)10(11,12)13)16-9(6(5)3-14)21-4-7(15)17/h2H,4H2,1H3,(H2,15,17). The fourth-order valence-electron chi connectivity index (χ4n) is 1.20. The highest BCUT2D eigenvalue weighted by Gasteiger charge is 2.49. The van der Waals surface area contributed by atoms with Crippen molar-refractivity contribution in [1.82, 2.24) is 4.98 Å². The Bertz CT molecular complexity index is 741. The number of nitrogens with zero attached hydrogens (tertiary/aromatic N) is 2. The van der Waals surface area contributed by atoms with Gasteiger partial charge in [0.1, 0.15) is 11.1 Å². The zero-order valence-electron chi connectivity index (χ0n) is 10.8. The number of amides is 1. The average Bonchev–Trinajstić information content (AvgIpc) is 2.34. The van der Waals surface area contributed by atoms with Crippen LogP contribution in [0.4, 0.5) is 13.2 Å². The van der Waals surface area contributed by atoms with Gasteiger partial charge in [0.25, 0.3) is 0 Å². The number of carbonyl (C=O) groups excluding carboxylic acids is 1. The van der Waals surface area contributed by atoms with Gasteiger partial charge >= 0.3 is 15.6 Å².